The van der Waals surface area contributed by atoms with Crippen LogP contribution in [0.25, 0.3) is 0 Å². The Kier molecular flexibility index (Phi) is 5.91. The van der Waals surface area contributed by atoms with Crippen molar-refractivity contribution in [2.45, 2.75) is 25.5 Å². The number of aliphatic hydroxyl groups is 1. The number of carboxylic acid groups (broad SMARTS) is 1. The summed E-state index contributed by atoms with van der Waals surface area (Å²) in [5.74, 6) is -1.77. The number of hydrogen-bond donors (Lipinski definition) is 3. The summed E-state index contributed by atoms with van der Waals surface area (Å²) in [4.78, 5) is 26.4. The van der Waals surface area contributed by atoms with Gasteiger partial charge in [-0.25, -0.2) is 0 Å². The SMILES string of the molecule is C[C@@H](O)C[NH2+][C@H](CC(=O)Nc1cccnc1)C(=O)[O-]. The molecule has 19 heavy (non-hydrogen) atoms. The second-order valence-electron chi connectivity index (χ2n) is 4.24. The molecule has 2 atom stereocenters. The third-order valence-corrected chi connectivity index (χ3v) is 2.42. The monoisotopic (exact) mass is 267 g/mol. The van der Waals surface area contributed by atoms with Gasteiger partial charge in [0.15, 0.2) is 0 Å². The van der Waals surface area contributed by atoms with Gasteiger partial charge in [-0.1, -0.05) is 0 Å². The fourth-order valence-electron chi connectivity index (χ4n) is 1.47. The first kappa shape index (κ1) is 15.1. The molecule has 104 valence electrons. The first-order chi connectivity index (χ1) is 8.99. The lowest BCUT2D eigenvalue weighted by Gasteiger charge is -2.17. The van der Waals surface area contributed by atoms with Gasteiger partial charge in [0.05, 0.1) is 30.4 Å². The van der Waals surface area contributed by atoms with E-state index in [2.05, 4.69) is 10.3 Å². The molecule has 0 radical (unpaired) electrons. The highest BCUT2D eigenvalue weighted by atomic mass is 16.4. The maximum Gasteiger partial charge on any atom is 0.230 e. The number of amides is 1. The van der Waals surface area contributed by atoms with Crippen LogP contribution >= 0.6 is 0 Å². The predicted molar refractivity (Wildman–Crippen MR) is 64.8 cm³/mol. The summed E-state index contributed by atoms with van der Waals surface area (Å²) >= 11 is 0. The van der Waals surface area contributed by atoms with E-state index in [9.17, 15) is 14.7 Å². The normalized spacial score (nSPS) is 13.6. The molecule has 0 aliphatic rings. The number of nitrogens with zero attached hydrogens (tertiary/aromatic N) is 1. The molecule has 1 heterocycles. The second kappa shape index (κ2) is 7.45. The number of anilines is 1. The summed E-state index contributed by atoms with van der Waals surface area (Å²) in [7, 11) is 0. The van der Waals surface area contributed by atoms with Gasteiger partial charge in [0.2, 0.25) is 5.91 Å². The van der Waals surface area contributed by atoms with Crippen LogP contribution in [-0.2, 0) is 9.59 Å². The number of rotatable bonds is 7. The Bertz CT molecular complexity index is 422. The molecule has 1 rings (SSSR count). The molecule has 0 saturated heterocycles. The molecule has 0 spiro atoms. The highest BCUT2D eigenvalue weighted by molar-refractivity contribution is 5.93. The minimum absolute atomic E-state index is 0.193. The third kappa shape index (κ3) is 5.94. The van der Waals surface area contributed by atoms with Crippen LogP contribution in [0.2, 0.25) is 0 Å². The number of carbonyl (C=O) groups is 2. The first-order valence-electron chi connectivity index (χ1n) is 5.91. The average Bonchev–Trinajstić information content (AvgIpc) is 2.35. The van der Waals surface area contributed by atoms with E-state index in [-0.39, 0.29) is 13.0 Å². The molecular weight excluding hydrogens is 250 g/mol. The summed E-state index contributed by atoms with van der Waals surface area (Å²) in [6.45, 7) is 1.73. The van der Waals surface area contributed by atoms with Crippen molar-refractivity contribution in [1.29, 1.82) is 0 Å². The lowest BCUT2D eigenvalue weighted by atomic mass is 10.2. The van der Waals surface area contributed by atoms with Gasteiger partial charge in [-0.2, -0.15) is 0 Å². The number of aromatic nitrogens is 1. The number of aliphatic hydroxyl groups excluding tert-OH is 1. The highest BCUT2D eigenvalue weighted by Crippen LogP contribution is 2.03. The summed E-state index contributed by atoms with van der Waals surface area (Å²) in [6.07, 6.45) is 2.15. The van der Waals surface area contributed by atoms with Crippen molar-refractivity contribution in [2.24, 2.45) is 0 Å². The van der Waals surface area contributed by atoms with Crippen molar-refractivity contribution in [3.8, 4) is 0 Å². The van der Waals surface area contributed by atoms with Gasteiger partial charge in [-0.3, -0.25) is 9.78 Å². The van der Waals surface area contributed by atoms with E-state index in [1.807, 2.05) is 0 Å². The number of pyridine rings is 1. The molecule has 7 nitrogen and oxygen atoms in total. The van der Waals surface area contributed by atoms with E-state index in [0.717, 1.165) is 0 Å². The molecule has 0 aliphatic carbocycles. The van der Waals surface area contributed by atoms with Crippen LogP contribution in [0, 0.1) is 0 Å². The zero-order chi connectivity index (χ0) is 14.3. The van der Waals surface area contributed by atoms with E-state index in [4.69, 9.17) is 5.11 Å². The van der Waals surface area contributed by atoms with Crippen molar-refractivity contribution in [3.05, 3.63) is 24.5 Å². The molecule has 1 aromatic heterocycles. The largest absolute Gasteiger partial charge is 0.544 e. The fraction of sp³-hybridized carbons (Fsp3) is 0.417. The smallest absolute Gasteiger partial charge is 0.230 e. The van der Waals surface area contributed by atoms with Crippen molar-refractivity contribution in [2.75, 3.05) is 11.9 Å². The Morgan fingerprint density at radius 1 is 1.58 bits per heavy atom. The maximum absolute atomic E-state index is 11.7. The van der Waals surface area contributed by atoms with Crippen LogP contribution < -0.4 is 15.7 Å². The molecule has 0 saturated carbocycles. The number of carboxylic acids is 1. The van der Waals surface area contributed by atoms with Crippen LogP contribution in [0.15, 0.2) is 24.5 Å². The van der Waals surface area contributed by atoms with E-state index in [0.29, 0.717) is 5.69 Å². The van der Waals surface area contributed by atoms with Gasteiger partial charge in [-0.05, 0) is 19.1 Å². The van der Waals surface area contributed by atoms with Crippen LogP contribution in [0.1, 0.15) is 13.3 Å². The number of quaternary nitrogens is 1. The Hall–Kier alpha value is -1.99. The standard InChI is InChI=1S/C12H17N3O4/c1-8(16)6-14-10(12(18)19)5-11(17)15-9-3-2-4-13-7-9/h2-4,7-8,10,14,16H,5-6H2,1H3,(H,15,17)(H,18,19)/t8-,10-/m1/s1. The van der Waals surface area contributed by atoms with E-state index in [1.54, 1.807) is 25.3 Å². The van der Waals surface area contributed by atoms with Crippen LogP contribution in [0.5, 0.6) is 0 Å². The molecule has 1 aromatic rings. The van der Waals surface area contributed by atoms with Crippen molar-refractivity contribution < 1.29 is 25.1 Å². The number of nitrogens with one attached hydrogen (secondary N) is 1. The lowest BCUT2D eigenvalue weighted by molar-refractivity contribution is -0.687. The van der Waals surface area contributed by atoms with Gasteiger partial charge in [0.1, 0.15) is 12.6 Å². The van der Waals surface area contributed by atoms with E-state index < -0.39 is 24.0 Å². The van der Waals surface area contributed by atoms with Gasteiger partial charge in [0, 0.05) is 6.20 Å². The average molecular weight is 267 g/mol. The summed E-state index contributed by atoms with van der Waals surface area (Å²) in [5.41, 5.74) is 0.500. The van der Waals surface area contributed by atoms with Crippen LogP contribution in [0.3, 0.4) is 0 Å². The minimum Gasteiger partial charge on any atom is -0.544 e. The van der Waals surface area contributed by atoms with Crippen molar-refractivity contribution in [1.82, 2.24) is 4.98 Å². The summed E-state index contributed by atoms with van der Waals surface area (Å²) in [6, 6.07) is 2.29. The minimum atomic E-state index is -1.33. The summed E-state index contributed by atoms with van der Waals surface area (Å²) in [5, 5.41) is 23.9. The summed E-state index contributed by atoms with van der Waals surface area (Å²) < 4.78 is 0. The molecule has 1 amide bonds. The zero-order valence-electron chi connectivity index (χ0n) is 10.6. The molecule has 0 unspecified atom stereocenters. The molecule has 0 aromatic carbocycles. The fourth-order valence-corrected chi connectivity index (χ4v) is 1.47. The molecule has 0 aliphatic heterocycles. The van der Waals surface area contributed by atoms with Gasteiger partial charge in [-0.15, -0.1) is 0 Å². The molecule has 4 N–H and O–H groups in total. The van der Waals surface area contributed by atoms with Gasteiger partial charge in [0.25, 0.3) is 0 Å². The van der Waals surface area contributed by atoms with E-state index in [1.165, 1.54) is 11.5 Å². The molecular formula is C12H17N3O4. The number of carbonyl (C=O) groups excluding carboxylic acids is 2. The lowest BCUT2D eigenvalue weighted by Crippen LogP contribution is -2.94. The topological polar surface area (TPSA) is 119 Å². The Morgan fingerprint density at radius 2 is 2.32 bits per heavy atom. The maximum atomic E-state index is 11.7. The van der Waals surface area contributed by atoms with E-state index >= 15 is 0 Å². The predicted octanol–water partition coefficient (Wildman–Crippen LogP) is -2.53. The van der Waals surface area contributed by atoms with Crippen molar-refractivity contribution in [3.63, 3.8) is 0 Å². The molecule has 7 heteroatoms. The number of nitrogens with two attached hydrogens (primary N) is 1. The van der Waals surface area contributed by atoms with Crippen molar-refractivity contribution >= 4 is 17.6 Å². The van der Waals surface area contributed by atoms with Gasteiger partial charge >= 0.3 is 0 Å². The Morgan fingerprint density at radius 3 is 2.84 bits per heavy atom. The molecule has 0 fully saturated rings. The highest BCUT2D eigenvalue weighted by Gasteiger charge is 2.19. The van der Waals surface area contributed by atoms with Crippen LogP contribution in [-0.4, -0.2) is 40.7 Å². The molecule has 0 bridgehead atoms. The third-order valence-electron chi connectivity index (χ3n) is 2.42. The first-order valence-corrected chi connectivity index (χ1v) is 5.91. The quantitative estimate of drug-likeness (QED) is 0.503. The Labute approximate surface area is 110 Å². The van der Waals surface area contributed by atoms with Crippen LogP contribution in [0.4, 0.5) is 5.69 Å². The Balaban J connectivity index is 2.49. The second-order valence-corrected chi connectivity index (χ2v) is 4.24. The number of aliphatic carboxylic acids is 1. The van der Waals surface area contributed by atoms with Gasteiger partial charge < -0.3 is 25.6 Å². The zero-order valence-corrected chi connectivity index (χ0v) is 10.6. The number of hydrogen-bond acceptors (Lipinski definition) is 5.